The molecule has 1 unspecified atom stereocenters. The molecule has 19 heavy (non-hydrogen) atoms. The summed E-state index contributed by atoms with van der Waals surface area (Å²) in [6.45, 7) is 4.00. The lowest BCUT2D eigenvalue weighted by molar-refractivity contribution is -0.149. The first-order valence-corrected chi connectivity index (χ1v) is 5.66. The van der Waals surface area contributed by atoms with Crippen molar-refractivity contribution >= 4 is 11.6 Å². The first-order chi connectivity index (χ1) is 8.79. The number of carbonyl (C=O) groups is 1. The van der Waals surface area contributed by atoms with Gasteiger partial charge < -0.3 is 11.1 Å². The summed E-state index contributed by atoms with van der Waals surface area (Å²) < 4.78 is 50.0. The van der Waals surface area contributed by atoms with E-state index >= 15 is 0 Å². The van der Waals surface area contributed by atoms with Gasteiger partial charge >= 0.3 is 6.18 Å². The number of nitrogens with two attached hydrogens (primary N) is 1. The van der Waals surface area contributed by atoms with Crippen LogP contribution < -0.4 is 11.1 Å². The van der Waals surface area contributed by atoms with E-state index in [4.69, 9.17) is 5.73 Å². The third-order valence-electron chi connectivity index (χ3n) is 1.99. The van der Waals surface area contributed by atoms with Gasteiger partial charge in [-0.2, -0.15) is 13.2 Å². The van der Waals surface area contributed by atoms with E-state index in [0.717, 1.165) is 24.3 Å². The average molecular weight is 280 g/mol. The zero-order chi connectivity index (χ0) is 15.1. The van der Waals surface area contributed by atoms with E-state index < -0.39 is 30.4 Å². The van der Waals surface area contributed by atoms with Gasteiger partial charge in [-0.05, 0) is 24.3 Å². The largest absolute Gasteiger partial charge is 0.409 e. The smallest absolute Gasteiger partial charge is 0.374 e. The Morgan fingerprint density at radius 1 is 1.26 bits per heavy atom. The maximum absolute atomic E-state index is 12.5. The minimum Gasteiger partial charge on any atom is -0.374 e. The van der Waals surface area contributed by atoms with Crippen molar-refractivity contribution in [1.82, 2.24) is 0 Å². The third kappa shape index (κ3) is 6.64. The van der Waals surface area contributed by atoms with Gasteiger partial charge in [-0.15, -0.1) is 0 Å². The molecular weight excluding hydrogens is 264 g/mol. The topological polar surface area (TPSA) is 55.1 Å². The molecule has 0 bridgehead atoms. The van der Waals surface area contributed by atoms with Crippen molar-refractivity contribution in [2.45, 2.75) is 32.5 Å². The summed E-state index contributed by atoms with van der Waals surface area (Å²) in [5, 5.41) is 2.08. The van der Waals surface area contributed by atoms with E-state index in [1.165, 1.54) is 0 Å². The molecule has 0 radical (unpaired) electrons. The number of hydrogen-bond acceptors (Lipinski definition) is 2. The lowest BCUT2D eigenvalue weighted by Crippen LogP contribution is -2.39. The van der Waals surface area contributed by atoms with Crippen LogP contribution in [0.2, 0.25) is 0 Å². The van der Waals surface area contributed by atoms with Crippen molar-refractivity contribution in [3.63, 3.8) is 0 Å². The van der Waals surface area contributed by atoms with Crippen LogP contribution >= 0.6 is 0 Å². The maximum atomic E-state index is 12.5. The highest BCUT2D eigenvalue weighted by molar-refractivity contribution is 5.75. The van der Waals surface area contributed by atoms with Gasteiger partial charge in [0.2, 0.25) is 5.91 Å². The molecule has 108 valence electrons. The highest BCUT2D eigenvalue weighted by Gasteiger charge is 2.40. The monoisotopic (exact) mass is 280 g/mol. The molecule has 0 aliphatic rings. The van der Waals surface area contributed by atoms with E-state index in [2.05, 4.69) is 5.32 Å². The van der Waals surface area contributed by atoms with Gasteiger partial charge in [0.1, 0.15) is 11.9 Å². The minimum atomic E-state index is -4.61. The van der Waals surface area contributed by atoms with E-state index in [1.54, 1.807) is 0 Å². The Morgan fingerprint density at radius 3 is 2.11 bits per heavy atom. The molecule has 1 aromatic carbocycles. The fourth-order valence-electron chi connectivity index (χ4n) is 1.20. The van der Waals surface area contributed by atoms with Gasteiger partial charge in [0.05, 0.1) is 6.42 Å². The fourth-order valence-corrected chi connectivity index (χ4v) is 1.20. The number of nitrogens with one attached hydrogen (secondary N) is 1. The molecule has 1 atom stereocenters. The number of rotatable bonds is 4. The lowest BCUT2D eigenvalue weighted by Gasteiger charge is -2.21. The molecule has 3 nitrogen and oxygen atoms in total. The molecule has 1 rings (SSSR count). The average Bonchev–Trinajstić information content (AvgIpc) is 2.32. The Bertz CT molecular complexity index is 390. The normalized spacial score (nSPS) is 12.1. The molecule has 0 saturated heterocycles. The van der Waals surface area contributed by atoms with Crippen molar-refractivity contribution in [3.05, 3.63) is 30.1 Å². The predicted molar refractivity (Wildman–Crippen MR) is 65.0 cm³/mol. The molecule has 0 aliphatic heterocycles. The van der Waals surface area contributed by atoms with Crippen molar-refractivity contribution in [1.29, 1.82) is 0 Å². The zero-order valence-corrected chi connectivity index (χ0v) is 10.6. The van der Waals surface area contributed by atoms with E-state index in [-0.39, 0.29) is 5.69 Å². The van der Waals surface area contributed by atoms with Gasteiger partial charge in [0.15, 0.2) is 0 Å². The highest BCUT2D eigenvalue weighted by atomic mass is 19.4. The number of alkyl halides is 3. The van der Waals surface area contributed by atoms with Crippen LogP contribution in [0.15, 0.2) is 24.3 Å². The molecule has 0 spiro atoms. The predicted octanol–water partition coefficient (Wildman–Crippen LogP) is 3.07. The standard InChI is InChI=1S/C10H10F4N2O.C2H6/c11-6-1-3-7(4-2-6)16-8(5-9(15)17)10(12,13)14;1-2/h1-4,8,16H,5H2,(H2,15,17);1-2H3. The summed E-state index contributed by atoms with van der Waals surface area (Å²) in [7, 11) is 0. The first kappa shape index (κ1) is 17.2. The lowest BCUT2D eigenvalue weighted by atomic mass is 10.1. The number of amides is 1. The van der Waals surface area contributed by atoms with E-state index in [9.17, 15) is 22.4 Å². The summed E-state index contributed by atoms with van der Waals surface area (Å²) in [6, 6.07) is 2.25. The van der Waals surface area contributed by atoms with Crippen LogP contribution in [0.5, 0.6) is 0 Å². The molecule has 1 aromatic rings. The van der Waals surface area contributed by atoms with Crippen molar-refractivity contribution in [3.8, 4) is 0 Å². The first-order valence-electron chi connectivity index (χ1n) is 5.66. The van der Waals surface area contributed by atoms with Crippen molar-refractivity contribution < 1.29 is 22.4 Å². The molecule has 7 heteroatoms. The van der Waals surface area contributed by atoms with Crippen LogP contribution in [0.1, 0.15) is 20.3 Å². The molecule has 3 N–H and O–H groups in total. The third-order valence-corrected chi connectivity index (χ3v) is 1.99. The van der Waals surface area contributed by atoms with Gasteiger partial charge in [0, 0.05) is 5.69 Å². The molecule has 0 heterocycles. The number of benzene rings is 1. The quantitative estimate of drug-likeness (QED) is 0.833. The molecular formula is C12H16F4N2O. The number of halogens is 4. The van der Waals surface area contributed by atoms with Crippen LogP contribution in [-0.4, -0.2) is 18.1 Å². The summed E-state index contributed by atoms with van der Waals surface area (Å²) in [5.41, 5.74) is 4.79. The van der Waals surface area contributed by atoms with Crippen LogP contribution in [-0.2, 0) is 4.79 Å². The van der Waals surface area contributed by atoms with Gasteiger partial charge in [-0.1, -0.05) is 13.8 Å². The van der Waals surface area contributed by atoms with Gasteiger partial charge in [-0.25, -0.2) is 4.39 Å². The second-order valence-corrected chi connectivity index (χ2v) is 3.42. The molecule has 0 aromatic heterocycles. The molecule has 1 amide bonds. The number of anilines is 1. The SMILES string of the molecule is CC.NC(=O)CC(Nc1ccc(F)cc1)C(F)(F)F. The Morgan fingerprint density at radius 2 is 1.74 bits per heavy atom. The van der Waals surface area contributed by atoms with Crippen LogP contribution in [0.3, 0.4) is 0 Å². The van der Waals surface area contributed by atoms with Gasteiger partial charge in [0.25, 0.3) is 0 Å². The maximum Gasteiger partial charge on any atom is 0.409 e. The summed E-state index contributed by atoms with van der Waals surface area (Å²) >= 11 is 0. The number of carbonyl (C=O) groups excluding carboxylic acids is 1. The molecule has 0 fully saturated rings. The van der Waals surface area contributed by atoms with E-state index in [0.29, 0.717) is 0 Å². The molecule has 0 saturated carbocycles. The Labute approximate surface area is 108 Å². The zero-order valence-electron chi connectivity index (χ0n) is 10.6. The summed E-state index contributed by atoms with van der Waals surface area (Å²) in [4.78, 5) is 10.5. The number of hydrogen-bond donors (Lipinski definition) is 2. The Balaban J connectivity index is 0.00000154. The summed E-state index contributed by atoms with van der Waals surface area (Å²) in [5.74, 6) is -1.63. The minimum absolute atomic E-state index is 0.0648. The summed E-state index contributed by atoms with van der Waals surface area (Å²) in [6.07, 6.45) is -5.48. The van der Waals surface area contributed by atoms with Crippen molar-refractivity contribution in [2.75, 3.05) is 5.32 Å². The Kier molecular flexibility index (Phi) is 6.89. The van der Waals surface area contributed by atoms with E-state index in [1.807, 2.05) is 13.8 Å². The second kappa shape index (κ2) is 7.60. The Hall–Kier alpha value is -1.79. The van der Waals surface area contributed by atoms with Crippen LogP contribution in [0.25, 0.3) is 0 Å². The number of primary amides is 1. The van der Waals surface area contributed by atoms with Crippen LogP contribution in [0.4, 0.5) is 23.2 Å². The second-order valence-electron chi connectivity index (χ2n) is 3.42. The molecule has 0 aliphatic carbocycles. The van der Waals surface area contributed by atoms with Gasteiger partial charge in [-0.3, -0.25) is 4.79 Å². The highest BCUT2D eigenvalue weighted by Crippen LogP contribution is 2.25. The van der Waals surface area contributed by atoms with Crippen molar-refractivity contribution in [2.24, 2.45) is 5.73 Å². The fraction of sp³-hybridized carbons (Fsp3) is 0.417. The van der Waals surface area contributed by atoms with Crippen LogP contribution in [0, 0.1) is 5.82 Å².